The Morgan fingerprint density at radius 2 is 1.67 bits per heavy atom. The van der Waals surface area contributed by atoms with Crippen LogP contribution in [0.1, 0.15) is 117 Å². The lowest BCUT2D eigenvalue weighted by Crippen LogP contribution is -2.60. The van der Waals surface area contributed by atoms with Gasteiger partial charge < -0.3 is 24.4 Å². The summed E-state index contributed by atoms with van der Waals surface area (Å²) >= 11 is 0. The van der Waals surface area contributed by atoms with Crippen LogP contribution in [0.2, 0.25) is 0 Å². The molecular formula is C38H55NO7. The molecule has 0 unspecified atom stereocenters. The van der Waals surface area contributed by atoms with E-state index < -0.39 is 29.9 Å². The van der Waals surface area contributed by atoms with Crippen molar-refractivity contribution in [1.29, 1.82) is 0 Å². The Morgan fingerprint density at radius 3 is 2.33 bits per heavy atom. The van der Waals surface area contributed by atoms with Crippen molar-refractivity contribution < 1.29 is 34.0 Å². The quantitative estimate of drug-likeness (QED) is 0.371. The smallest absolute Gasteiger partial charge is 0.338 e. The first-order valence-electron chi connectivity index (χ1n) is 17.8. The summed E-state index contributed by atoms with van der Waals surface area (Å²) in [6.45, 7) is 16.4. The van der Waals surface area contributed by atoms with Gasteiger partial charge in [0.1, 0.15) is 6.10 Å². The van der Waals surface area contributed by atoms with E-state index in [0.717, 1.165) is 32.1 Å². The molecule has 0 radical (unpaired) electrons. The third-order valence-electron chi connectivity index (χ3n) is 15.3. The molecule has 1 aromatic rings. The molecule has 8 heteroatoms. The number of nitrogens with zero attached hydrogens (tertiary/aromatic N) is 1. The number of aromatic nitrogens is 1. The van der Waals surface area contributed by atoms with Crippen LogP contribution < -0.4 is 0 Å². The van der Waals surface area contributed by atoms with E-state index in [1.54, 1.807) is 38.4 Å². The van der Waals surface area contributed by atoms with Crippen LogP contribution in [0, 0.1) is 50.7 Å². The number of carbonyl (C=O) groups is 2. The molecule has 5 aliphatic carbocycles. The zero-order valence-electron chi connectivity index (χ0n) is 29.0. The number of esters is 2. The molecule has 0 amide bonds. The normalized spacial score (nSPS) is 47.6. The van der Waals surface area contributed by atoms with E-state index in [1.807, 2.05) is 0 Å². The van der Waals surface area contributed by atoms with Crippen molar-refractivity contribution in [2.75, 3.05) is 0 Å². The van der Waals surface area contributed by atoms with Crippen LogP contribution >= 0.6 is 0 Å². The Labute approximate surface area is 274 Å². The molecular weight excluding hydrogens is 582 g/mol. The van der Waals surface area contributed by atoms with Gasteiger partial charge in [0.05, 0.1) is 29.5 Å². The number of carbonyl (C=O) groups excluding carboxylic acids is 2. The Hall–Kier alpha value is -2.03. The maximum Gasteiger partial charge on any atom is 0.338 e. The Balaban J connectivity index is 1.16. The van der Waals surface area contributed by atoms with E-state index in [4.69, 9.17) is 14.2 Å². The molecule has 1 saturated heterocycles. The fraction of sp³-hybridized carbons (Fsp3) is 0.816. The Kier molecular flexibility index (Phi) is 7.24. The molecule has 46 heavy (non-hydrogen) atoms. The molecule has 0 bridgehead atoms. The summed E-state index contributed by atoms with van der Waals surface area (Å²) < 4.78 is 18.7. The Morgan fingerprint density at radius 1 is 1.02 bits per heavy atom. The molecule has 2 heterocycles. The van der Waals surface area contributed by atoms with Gasteiger partial charge in [-0.15, -0.1) is 0 Å². The van der Waals surface area contributed by atoms with E-state index >= 15 is 0 Å². The second-order valence-electron chi connectivity index (χ2n) is 17.9. The highest BCUT2D eigenvalue weighted by Crippen LogP contribution is 2.89. The maximum atomic E-state index is 13.1. The fourth-order valence-electron chi connectivity index (χ4n) is 13.3. The number of hydrogen-bond acceptors (Lipinski definition) is 8. The monoisotopic (exact) mass is 637 g/mol. The molecule has 0 aromatic carbocycles. The molecule has 254 valence electrons. The van der Waals surface area contributed by atoms with Gasteiger partial charge in [-0.1, -0.05) is 34.6 Å². The van der Waals surface area contributed by atoms with E-state index in [2.05, 4.69) is 39.6 Å². The molecule has 2 N–H and O–H groups in total. The Bertz CT molecular complexity index is 1390. The second-order valence-corrected chi connectivity index (χ2v) is 17.9. The summed E-state index contributed by atoms with van der Waals surface area (Å²) in [5.74, 6) is 0.579. The van der Waals surface area contributed by atoms with Crippen LogP contribution in [0.4, 0.5) is 0 Å². The molecule has 13 atom stereocenters. The molecule has 6 fully saturated rings. The average Bonchev–Trinajstić information content (AvgIpc) is 3.61. The van der Waals surface area contributed by atoms with Crippen LogP contribution in [-0.2, 0) is 19.0 Å². The van der Waals surface area contributed by atoms with E-state index in [1.165, 1.54) is 19.8 Å². The summed E-state index contributed by atoms with van der Waals surface area (Å²) in [6.07, 6.45) is 9.01. The van der Waals surface area contributed by atoms with Crippen LogP contribution in [0.5, 0.6) is 0 Å². The largest absolute Gasteiger partial charge is 0.458 e. The number of hydrogen-bond donors (Lipinski definition) is 2. The maximum absolute atomic E-state index is 13.1. The molecule has 1 aliphatic heterocycles. The van der Waals surface area contributed by atoms with Crippen LogP contribution in [0.3, 0.4) is 0 Å². The molecule has 2 spiro atoms. The van der Waals surface area contributed by atoms with E-state index in [-0.39, 0.29) is 57.1 Å². The molecule has 8 nitrogen and oxygen atoms in total. The minimum Gasteiger partial charge on any atom is -0.458 e. The number of pyridine rings is 1. The zero-order chi connectivity index (χ0) is 33.2. The predicted molar refractivity (Wildman–Crippen MR) is 171 cm³/mol. The number of aliphatic hydroxyl groups is 2. The molecule has 1 aromatic heterocycles. The van der Waals surface area contributed by atoms with Crippen molar-refractivity contribution in [3.05, 3.63) is 30.1 Å². The molecule has 5 saturated carbocycles. The van der Waals surface area contributed by atoms with Gasteiger partial charge in [-0.05, 0) is 117 Å². The van der Waals surface area contributed by atoms with Gasteiger partial charge in [0.2, 0.25) is 0 Å². The lowest BCUT2D eigenvalue weighted by atomic mass is 9.41. The van der Waals surface area contributed by atoms with Crippen LogP contribution in [-0.4, -0.2) is 63.3 Å². The third kappa shape index (κ3) is 4.17. The summed E-state index contributed by atoms with van der Waals surface area (Å²) in [5.41, 5.74) is -0.875. The number of aliphatic hydroxyl groups excluding tert-OH is 1. The number of rotatable bonds is 5. The predicted octanol–water partition coefficient (Wildman–Crippen LogP) is 6.12. The first-order chi connectivity index (χ1) is 21.4. The number of fused-ring (bicyclic) bond motifs is 4. The lowest BCUT2D eigenvalue weighted by Gasteiger charge is -2.63. The highest BCUT2D eigenvalue weighted by molar-refractivity contribution is 5.89. The summed E-state index contributed by atoms with van der Waals surface area (Å²) in [5, 5.41) is 23.5. The van der Waals surface area contributed by atoms with Gasteiger partial charge in [-0.3, -0.25) is 9.78 Å². The van der Waals surface area contributed by atoms with Crippen molar-refractivity contribution in [3.63, 3.8) is 0 Å². The van der Waals surface area contributed by atoms with E-state index in [9.17, 15) is 19.8 Å². The van der Waals surface area contributed by atoms with Gasteiger partial charge in [0.15, 0.2) is 6.10 Å². The van der Waals surface area contributed by atoms with Gasteiger partial charge in [0.25, 0.3) is 0 Å². The highest BCUT2D eigenvalue weighted by atomic mass is 16.6. The van der Waals surface area contributed by atoms with Crippen molar-refractivity contribution >= 4 is 11.9 Å². The van der Waals surface area contributed by atoms with Crippen LogP contribution in [0.25, 0.3) is 0 Å². The molecule has 6 aliphatic rings. The van der Waals surface area contributed by atoms with Crippen molar-refractivity contribution in [1.82, 2.24) is 4.98 Å². The van der Waals surface area contributed by atoms with Crippen LogP contribution in [0.15, 0.2) is 24.5 Å². The first kappa shape index (κ1) is 32.5. The lowest BCUT2D eigenvalue weighted by molar-refractivity contribution is -0.216. The zero-order valence-corrected chi connectivity index (χ0v) is 29.0. The van der Waals surface area contributed by atoms with Gasteiger partial charge in [0, 0.05) is 30.1 Å². The van der Waals surface area contributed by atoms with Crippen molar-refractivity contribution in [2.45, 2.75) is 143 Å². The SMILES string of the molecule is CC(=O)O[C@@H]([C@@H]1C[C@@H](C)[C@H]2[C@H](O1)[C@H](O)[C@@]1(C)[C@@H]3CC[C@H]4C(C)(C)[C@@H](OC(=O)c5ccncc5)CC[C@@]45C[C@@]35CC[C@]21C)C(C)(C)O. The van der Waals surface area contributed by atoms with E-state index in [0.29, 0.717) is 23.8 Å². The standard InChI is InChI=1S/C38H55NO7/c1-21-19-24(31(34(5,6)43)44-22(2)40)45-29-28(21)35(7)15-16-38-20-37(38)14-11-27(46-32(42)23-12-17-39-18-13-23)33(3,4)25(37)9-10-26(38)36(35,8)30(29)41/h12-13,17-18,21,24-31,41,43H,9-11,14-16,19-20H2,1-8H3/t21-,24+,25+,26+,27+,28+,29+,30+,31+,35-,36-,37-,38+/m1/s1. The highest BCUT2D eigenvalue weighted by Gasteiger charge is 2.84. The first-order valence-corrected chi connectivity index (χ1v) is 17.8. The summed E-state index contributed by atoms with van der Waals surface area (Å²) in [6, 6.07) is 3.44. The van der Waals surface area contributed by atoms with Crippen molar-refractivity contribution in [2.24, 2.45) is 50.7 Å². The average molecular weight is 638 g/mol. The van der Waals surface area contributed by atoms with Crippen molar-refractivity contribution in [3.8, 4) is 0 Å². The molecule has 7 rings (SSSR count). The topological polar surface area (TPSA) is 115 Å². The van der Waals surface area contributed by atoms with Gasteiger partial charge in [-0.2, -0.15) is 0 Å². The minimum absolute atomic E-state index is 0.0908. The third-order valence-corrected chi connectivity index (χ3v) is 15.3. The summed E-state index contributed by atoms with van der Waals surface area (Å²) in [7, 11) is 0. The number of ether oxygens (including phenoxy) is 3. The second kappa shape index (κ2) is 10.2. The van der Waals surface area contributed by atoms with Gasteiger partial charge in [-0.25, -0.2) is 4.79 Å². The van der Waals surface area contributed by atoms with Gasteiger partial charge >= 0.3 is 11.9 Å². The minimum atomic E-state index is -1.27. The fourth-order valence-corrected chi connectivity index (χ4v) is 13.3. The summed E-state index contributed by atoms with van der Waals surface area (Å²) in [4.78, 5) is 29.2.